The van der Waals surface area contributed by atoms with E-state index in [1.54, 1.807) is 0 Å². The molecule has 0 aromatic carbocycles. The first-order valence-corrected chi connectivity index (χ1v) is 7.00. The number of carbonyl (C=O) groups is 1. The monoisotopic (exact) mass is 264 g/mol. The smallest absolute Gasteiger partial charge is 0.242 e. The lowest BCUT2D eigenvalue weighted by Crippen LogP contribution is -2.48. The lowest BCUT2D eigenvalue weighted by Gasteiger charge is -2.32. The van der Waals surface area contributed by atoms with E-state index in [0.717, 1.165) is 39.3 Å². The minimum Gasteiger partial charge on any atom is -0.345 e. The Bertz CT molecular complexity index is 407. The SMILES string of the molecule is CCNCc1ccn(CC(=O)N2CCN(C)CC2)c1. The second-order valence-corrected chi connectivity index (χ2v) is 5.16. The van der Waals surface area contributed by atoms with Gasteiger partial charge in [0, 0.05) is 45.1 Å². The van der Waals surface area contributed by atoms with E-state index in [1.165, 1.54) is 5.56 Å². The summed E-state index contributed by atoms with van der Waals surface area (Å²) in [6.45, 7) is 8.02. The summed E-state index contributed by atoms with van der Waals surface area (Å²) < 4.78 is 1.98. The van der Waals surface area contributed by atoms with Crippen LogP contribution in [0.5, 0.6) is 0 Å². The fraction of sp³-hybridized carbons (Fsp3) is 0.643. The Morgan fingerprint density at radius 2 is 2.05 bits per heavy atom. The van der Waals surface area contributed by atoms with E-state index in [0.29, 0.717) is 6.54 Å². The van der Waals surface area contributed by atoms with Gasteiger partial charge >= 0.3 is 0 Å². The third-order valence-corrected chi connectivity index (χ3v) is 3.56. The van der Waals surface area contributed by atoms with Crippen molar-refractivity contribution in [3.8, 4) is 0 Å². The zero-order valence-corrected chi connectivity index (χ0v) is 11.9. The second kappa shape index (κ2) is 6.73. The van der Waals surface area contributed by atoms with Crippen LogP contribution in [-0.2, 0) is 17.9 Å². The maximum absolute atomic E-state index is 12.2. The molecular weight excluding hydrogens is 240 g/mol. The van der Waals surface area contributed by atoms with Gasteiger partial charge in [-0.25, -0.2) is 0 Å². The molecular formula is C14H24N4O. The van der Waals surface area contributed by atoms with Crippen molar-refractivity contribution < 1.29 is 4.79 Å². The van der Waals surface area contributed by atoms with Crippen molar-refractivity contribution >= 4 is 5.91 Å². The number of aromatic nitrogens is 1. The summed E-state index contributed by atoms with van der Waals surface area (Å²) in [5.41, 5.74) is 1.23. The van der Waals surface area contributed by atoms with Crippen molar-refractivity contribution in [3.63, 3.8) is 0 Å². The van der Waals surface area contributed by atoms with Crippen LogP contribution in [0.3, 0.4) is 0 Å². The molecule has 1 saturated heterocycles. The summed E-state index contributed by atoms with van der Waals surface area (Å²) in [6, 6.07) is 2.07. The molecule has 19 heavy (non-hydrogen) atoms. The van der Waals surface area contributed by atoms with Crippen LogP contribution in [0.15, 0.2) is 18.5 Å². The number of nitrogens with zero attached hydrogens (tertiary/aromatic N) is 3. The second-order valence-electron chi connectivity index (χ2n) is 5.16. The number of rotatable bonds is 5. The summed E-state index contributed by atoms with van der Waals surface area (Å²) in [7, 11) is 2.10. The molecule has 1 fully saturated rings. The van der Waals surface area contributed by atoms with Crippen LogP contribution in [-0.4, -0.2) is 60.0 Å². The molecule has 1 amide bonds. The van der Waals surface area contributed by atoms with Crippen LogP contribution < -0.4 is 5.32 Å². The fourth-order valence-electron chi connectivity index (χ4n) is 2.27. The number of likely N-dealkylation sites (N-methyl/N-ethyl adjacent to an activating group) is 1. The average molecular weight is 264 g/mol. The summed E-state index contributed by atoms with van der Waals surface area (Å²) in [5, 5.41) is 3.29. The van der Waals surface area contributed by atoms with Crippen LogP contribution in [0.25, 0.3) is 0 Å². The molecule has 1 aliphatic heterocycles. The predicted molar refractivity (Wildman–Crippen MR) is 75.9 cm³/mol. The summed E-state index contributed by atoms with van der Waals surface area (Å²) in [5.74, 6) is 0.221. The van der Waals surface area contributed by atoms with Crippen LogP contribution in [0.1, 0.15) is 12.5 Å². The molecule has 2 heterocycles. The Labute approximate surface area is 115 Å². The number of hydrogen-bond donors (Lipinski definition) is 1. The van der Waals surface area contributed by atoms with Crippen molar-refractivity contribution in [2.45, 2.75) is 20.0 Å². The number of amides is 1. The molecule has 0 spiro atoms. The van der Waals surface area contributed by atoms with Gasteiger partial charge in [-0.2, -0.15) is 0 Å². The van der Waals surface area contributed by atoms with Crippen LogP contribution in [0, 0.1) is 0 Å². The van der Waals surface area contributed by atoms with Gasteiger partial charge in [0.2, 0.25) is 5.91 Å². The number of nitrogens with one attached hydrogen (secondary N) is 1. The molecule has 0 bridgehead atoms. The van der Waals surface area contributed by atoms with Crippen molar-refractivity contribution in [1.29, 1.82) is 0 Å². The molecule has 1 aromatic rings. The van der Waals surface area contributed by atoms with Gasteiger partial charge in [0.1, 0.15) is 6.54 Å². The van der Waals surface area contributed by atoms with E-state index in [4.69, 9.17) is 0 Å². The highest BCUT2D eigenvalue weighted by molar-refractivity contribution is 5.76. The highest BCUT2D eigenvalue weighted by atomic mass is 16.2. The fourth-order valence-corrected chi connectivity index (χ4v) is 2.27. The molecule has 0 saturated carbocycles. The zero-order valence-electron chi connectivity index (χ0n) is 11.9. The molecule has 106 valence electrons. The van der Waals surface area contributed by atoms with E-state index in [1.807, 2.05) is 15.7 Å². The van der Waals surface area contributed by atoms with E-state index >= 15 is 0 Å². The van der Waals surface area contributed by atoms with Gasteiger partial charge in [-0.1, -0.05) is 6.92 Å². The van der Waals surface area contributed by atoms with Crippen molar-refractivity contribution in [2.75, 3.05) is 39.8 Å². The lowest BCUT2D eigenvalue weighted by molar-refractivity contribution is -0.133. The van der Waals surface area contributed by atoms with Gasteiger partial charge in [0.05, 0.1) is 0 Å². The highest BCUT2D eigenvalue weighted by Crippen LogP contribution is 2.04. The molecule has 0 radical (unpaired) electrons. The Morgan fingerprint density at radius 1 is 1.32 bits per heavy atom. The van der Waals surface area contributed by atoms with Crippen LogP contribution in [0.4, 0.5) is 0 Å². The molecule has 1 aromatic heterocycles. The first kappa shape index (κ1) is 14.1. The zero-order chi connectivity index (χ0) is 13.7. The third-order valence-electron chi connectivity index (χ3n) is 3.56. The summed E-state index contributed by atoms with van der Waals surface area (Å²) >= 11 is 0. The van der Waals surface area contributed by atoms with Gasteiger partial charge in [-0.05, 0) is 25.2 Å². The van der Waals surface area contributed by atoms with E-state index < -0.39 is 0 Å². The molecule has 5 heteroatoms. The first-order chi connectivity index (χ1) is 9.19. The Balaban J connectivity index is 1.83. The highest BCUT2D eigenvalue weighted by Gasteiger charge is 2.18. The minimum absolute atomic E-state index is 0.221. The molecule has 1 N–H and O–H groups in total. The van der Waals surface area contributed by atoms with Crippen molar-refractivity contribution in [3.05, 3.63) is 24.0 Å². The maximum atomic E-state index is 12.2. The Kier molecular flexibility index (Phi) is 4.99. The van der Waals surface area contributed by atoms with Crippen molar-refractivity contribution in [1.82, 2.24) is 19.7 Å². The van der Waals surface area contributed by atoms with E-state index in [-0.39, 0.29) is 5.91 Å². The van der Waals surface area contributed by atoms with E-state index in [9.17, 15) is 4.79 Å². The Hall–Kier alpha value is -1.33. The van der Waals surface area contributed by atoms with Gasteiger partial charge in [-0.15, -0.1) is 0 Å². The molecule has 0 aliphatic carbocycles. The van der Waals surface area contributed by atoms with Gasteiger partial charge in [0.25, 0.3) is 0 Å². The minimum atomic E-state index is 0.221. The van der Waals surface area contributed by atoms with Crippen molar-refractivity contribution in [2.24, 2.45) is 0 Å². The average Bonchev–Trinajstić information content (AvgIpc) is 2.84. The Morgan fingerprint density at radius 3 is 2.74 bits per heavy atom. The molecule has 1 aliphatic rings. The normalized spacial score (nSPS) is 16.8. The quantitative estimate of drug-likeness (QED) is 0.835. The number of carbonyl (C=O) groups excluding carboxylic acids is 1. The number of hydrogen-bond acceptors (Lipinski definition) is 3. The van der Waals surface area contributed by atoms with Gasteiger partial charge in [0.15, 0.2) is 0 Å². The first-order valence-electron chi connectivity index (χ1n) is 7.00. The molecule has 0 atom stereocenters. The van der Waals surface area contributed by atoms with Crippen LogP contribution in [0.2, 0.25) is 0 Å². The van der Waals surface area contributed by atoms with E-state index in [2.05, 4.69) is 36.5 Å². The largest absolute Gasteiger partial charge is 0.345 e. The summed E-state index contributed by atoms with van der Waals surface area (Å²) in [4.78, 5) is 16.4. The lowest BCUT2D eigenvalue weighted by atomic mass is 10.3. The number of piperazine rings is 1. The summed E-state index contributed by atoms with van der Waals surface area (Å²) in [6.07, 6.45) is 4.04. The molecule has 5 nitrogen and oxygen atoms in total. The van der Waals surface area contributed by atoms with Crippen LogP contribution >= 0.6 is 0 Å². The third kappa shape index (κ3) is 4.08. The predicted octanol–water partition coefficient (Wildman–Crippen LogP) is 0.372. The van der Waals surface area contributed by atoms with Gasteiger partial charge in [-0.3, -0.25) is 4.79 Å². The molecule has 0 unspecified atom stereocenters. The topological polar surface area (TPSA) is 40.5 Å². The molecule has 2 rings (SSSR count). The maximum Gasteiger partial charge on any atom is 0.242 e. The standard InChI is InChI=1S/C14H24N4O/c1-3-15-10-13-4-5-17(11-13)12-14(19)18-8-6-16(2)7-9-18/h4-5,11,15H,3,6-10,12H2,1-2H3. The van der Waals surface area contributed by atoms with Gasteiger partial charge < -0.3 is 19.7 Å².